The minimum absolute atomic E-state index is 0.0474. The Bertz CT molecular complexity index is 652. The number of nitrogens with zero attached hydrogens (tertiary/aromatic N) is 3. The van der Waals surface area contributed by atoms with Crippen LogP contribution in [-0.2, 0) is 17.9 Å². The Balaban J connectivity index is 1.47. The summed E-state index contributed by atoms with van der Waals surface area (Å²) in [5.41, 5.74) is 2.45. The summed E-state index contributed by atoms with van der Waals surface area (Å²) >= 11 is 0. The van der Waals surface area contributed by atoms with Crippen molar-refractivity contribution in [1.82, 2.24) is 25.3 Å². The standard InChI is InChI=1S/C20H31N5O2/c1-3-23-8-10-24(11-9-23)13-18-7-5-4-6-17(18)12-21-20(27)25-14-19(15-25)22-16(2)26/h4-7,19H,3,8-15H2,1-2H3,(H,21,27)(H,22,26). The van der Waals surface area contributed by atoms with Crippen molar-refractivity contribution in [2.45, 2.75) is 33.0 Å². The molecule has 1 aromatic carbocycles. The van der Waals surface area contributed by atoms with Crippen molar-refractivity contribution in [3.05, 3.63) is 35.4 Å². The largest absolute Gasteiger partial charge is 0.350 e. The summed E-state index contributed by atoms with van der Waals surface area (Å²) in [4.78, 5) is 30.0. The molecule has 0 spiro atoms. The molecule has 2 N–H and O–H groups in total. The van der Waals surface area contributed by atoms with Crippen molar-refractivity contribution in [3.63, 3.8) is 0 Å². The fraction of sp³-hybridized carbons (Fsp3) is 0.600. The van der Waals surface area contributed by atoms with Crippen LogP contribution in [0.15, 0.2) is 24.3 Å². The van der Waals surface area contributed by atoms with Gasteiger partial charge in [0.2, 0.25) is 5.91 Å². The highest BCUT2D eigenvalue weighted by Crippen LogP contribution is 2.14. The summed E-state index contributed by atoms with van der Waals surface area (Å²) in [6.45, 7) is 11.9. The van der Waals surface area contributed by atoms with E-state index in [0.717, 1.165) is 39.3 Å². The zero-order chi connectivity index (χ0) is 19.2. The number of hydrogen-bond acceptors (Lipinski definition) is 4. The maximum absolute atomic E-state index is 12.3. The molecule has 2 heterocycles. The predicted octanol–water partition coefficient (Wildman–Crippen LogP) is 0.854. The molecule has 2 saturated heterocycles. The van der Waals surface area contributed by atoms with Crippen molar-refractivity contribution >= 4 is 11.9 Å². The molecule has 7 heteroatoms. The lowest BCUT2D eigenvalue weighted by Crippen LogP contribution is -2.62. The third kappa shape index (κ3) is 5.43. The van der Waals surface area contributed by atoms with Crippen LogP contribution in [0.4, 0.5) is 4.79 Å². The van der Waals surface area contributed by atoms with Gasteiger partial charge in [-0.05, 0) is 17.7 Å². The number of amides is 3. The van der Waals surface area contributed by atoms with Crippen LogP contribution in [0.2, 0.25) is 0 Å². The average Bonchev–Trinajstić information content (AvgIpc) is 2.64. The van der Waals surface area contributed by atoms with Crippen LogP contribution in [0, 0.1) is 0 Å². The molecule has 0 unspecified atom stereocenters. The van der Waals surface area contributed by atoms with E-state index in [9.17, 15) is 9.59 Å². The van der Waals surface area contributed by atoms with Crippen LogP contribution in [-0.4, -0.2) is 78.5 Å². The highest BCUT2D eigenvalue weighted by Gasteiger charge is 2.30. The molecule has 0 atom stereocenters. The lowest BCUT2D eigenvalue weighted by molar-refractivity contribution is -0.120. The zero-order valence-corrected chi connectivity index (χ0v) is 16.4. The van der Waals surface area contributed by atoms with Crippen LogP contribution >= 0.6 is 0 Å². The third-order valence-electron chi connectivity index (χ3n) is 5.43. The van der Waals surface area contributed by atoms with Gasteiger partial charge in [-0.1, -0.05) is 31.2 Å². The van der Waals surface area contributed by atoms with Gasteiger partial charge in [-0.25, -0.2) is 4.79 Å². The van der Waals surface area contributed by atoms with E-state index >= 15 is 0 Å². The van der Waals surface area contributed by atoms with Gasteiger partial charge in [0.25, 0.3) is 0 Å². The number of carbonyl (C=O) groups excluding carboxylic acids is 2. The van der Waals surface area contributed by atoms with Crippen LogP contribution in [0.5, 0.6) is 0 Å². The molecule has 2 aliphatic rings. The van der Waals surface area contributed by atoms with Gasteiger partial charge in [0, 0.05) is 59.3 Å². The smallest absolute Gasteiger partial charge is 0.317 e. The van der Waals surface area contributed by atoms with E-state index < -0.39 is 0 Å². The van der Waals surface area contributed by atoms with Crippen molar-refractivity contribution in [2.24, 2.45) is 0 Å². The highest BCUT2D eigenvalue weighted by atomic mass is 16.2. The number of likely N-dealkylation sites (tertiary alicyclic amines) is 1. The lowest BCUT2D eigenvalue weighted by atomic mass is 10.1. The first-order valence-electron chi connectivity index (χ1n) is 9.86. The van der Waals surface area contributed by atoms with Crippen LogP contribution < -0.4 is 10.6 Å². The second-order valence-electron chi connectivity index (χ2n) is 7.44. The second-order valence-corrected chi connectivity index (χ2v) is 7.44. The molecule has 0 aromatic heterocycles. The minimum atomic E-state index is -0.0667. The molecule has 1 aromatic rings. The maximum atomic E-state index is 12.3. The summed E-state index contributed by atoms with van der Waals surface area (Å²) in [7, 11) is 0. The molecule has 0 radical (unpaired) electrons. The average molecular weight is 374 g/mol. The fourth-order valence-corrected chi connectivity index (χ4v) is 3.69. The van der Waals surface area contributed by atoms with Crippen molar-refractivity contribution in [1.29, 1.82) is 0 Å². The highest BCUT2D eigenvalue weighted by molar-refractivity contribution is 5.77. The Kier molecular flexibility index (Phi) is 6.68. The van der Waals surface area contributed by atoms with Crippen molar-refractivity contribution < 1.29 is 9.59 Å². The molecule has 0 aliphatic carbocycles. The predicted molar refractivity (Wildman–Crippen MR) is 105 cm³/mol. The minimum Gasteiger partial charge on any atom is -0.350 e. The number of rotatable bonds is 6. The maximum Gasteiger partial charge on any atom is 0.317 e. The number of nitrogens with one attached hydrogen (secondary N) is 2. The number of urea groups is 1. The van der Waals surface area contributed by atoms with Crippen molar-refractivity contribution in [2.75, 3.05) is 45.8 Å². The first-order valence-corrected chi connectivity index (χ1v) is 9.86. The molecule has 3 amide bonds. The number of carbonyl (C=O) groups is 2. The van der Waals surface area contributed by atoms with Gasteiger partial charge in [-0.3, -0.25) is 9.69 Å². The fourth-order valence-electron chi connectivity index (χ4n) is 3.69. The van der Waals surface area contributed by atoms with Gasteiger partial charge in [0.15, 0.2) is 0 Å². The van der Waals surface area contributed by atoms with Gasteiger partial charge in [0.05, 0.1) is 6.04 Å². The third-order valence-corrected chi connectivity index (χ3v) is 5.43. The Morgan fingerprint density at radius 2 is 1.67 bits per heavy atom. The Morgan fingerprint density at radius 3 is 2.30 bits per heavy atom. The number of benzene rings is 1. The monoisotopic (exact) mass is 373 g/mol. The molecule has 148 valence electrons. The van der Waals surface area contributed by atoms with Crippen molar-refractivity contribution in [3.8, 4) is 0 Å². The molecule has 7 nitrogen and oxygen atoms in total. The number of likely N-dealkylation sites (N-methyl/N-ethyl adjacent to an activating group) is 1. The first-order chi connectivity index (χ1) is 13.0. The van der Waals surface area contributed by atoms with E-state index in [2.05, 4.69) is 45.6 Å². The van der Waals surface area contributed by atoms with Gasteiger partial charge >= 0.3 is 6.03 Å². The zero-order valence-electron chi connectivity index (χ0n) is 16.4. The van der Waals surface area contributed by atoms with Crippen LogP contribution in [0.3, 0.4) is 0 Å². The first kappa shape index (κ1) is 19.6. The molecule has 27 heavy (non-hydrogen) atoms. The molecule has 0 saturated carbocycles. The van der Waals surface area contributed by atoms with E-state index in [1.54, 1.807) is 4.90 Å². The van der Waals surface area contributed by atoms with Gasteiger partial charge in [-0.2, -0.15) is 0 Å². The molecular formula is C20H31N5O2. The molecule has 2 aliphatic heterocycles. The van der Waals surface area contributed by atoms with E-state index in [1.807, 2.05) is 6.07 Å². The second kappa shape index (κ2) is 9.19. The molecular weight excluding hydrogens is 342 g/mol. The number of hydrogen-bond donors (Lipinski definition) is 2. The summed E-state index contributed by atoms with van der Waals surface area (Å²) in [5, 5.41) is 5.85. The van der Waals surface area contributed by atoms with E-state index in [4.69, 9.17) is 0 Å². The summed E-state index contributed by atoms with van der Waals surface area (Å²) < 4.78 is 0. The Morgan fingerprint density at radius 1 is 1.04 bits per heavy atom. The van der Waals surface area contributed by atoms with Gasteiger partial charge in [-0.15, -0.1) is 0 Å². The van der Waals surface area contributed by atoms with E-state index in [1.165, 1.54) is 18.1 Å². The summed E-state index contributed by atoms with van der Waals surface area (Å²) in [6.07, 6.45) is 0. The molecule has 3 rings (SSSR count). The Hall–Kier alpha value is -2.12. The van der Waals surface area contributed by atoms with Gasteiger partial charge < -0.3 is 20.4 Å². The topological polar surface area (TPSA) is 67.9 Å². The van der Waals surface area contributed by atoms with Crippen LogP contribution in [0.1, 0.15) is 25.0 Å². The molecule has 2 fully saturated rings. The number of piperazine rings is 1. The SMILES string of the molecule is CCN1CCN(Cc2ccccc2CNC(=O)N2CC(NC(C)=O)C2)CC1. The normalized spacial score (nSPS) is 18.8. The van der Waals surface area contributed by atoms with Crippen LogP contribution in [0.25, 0.3) is 0 Å². The quantitative estimate of drug-likeness (QED) is 0.776. The summed E-state index contributed by atoms with van der Waals surface area (Å²) in [6, 6.07) is 8.36. The van der Waals surface area contributed by atoms with E-state index in [-0.39, 0.29) is 18.0 Å². The van der Waals surface area contributed by atoms with Gasteiger partial charge in [0.1, 0.15) is 0 Å². The summed E-state index contributed by atoms with van der Waals surface area (Å²) in [5.74, 6) is -0.0474. The lowest BCUT2D eigenvalue weighted by Gasteiger charge is -2.39. The molecule has 0 bridgehead atoms. The van der Waals surface area contributed by atoms with E-state index in [0.29, 0.717) is 19.6 Å². The Labute approximate surface area is 161 Å².